The van der Waals surface area contributed by atoms with Crippen LogP contribution in [0.4, 0.5) is 4.39 Å². The standard InChI is InChI=1S/C12H15FN2O4S2/c13-11-7-9(21(14,18)19)1-2-10(11)12(16)15-8-3-5-20(17)6-4-8/h1-2,7-8H,3-6H2,(H,15,16)(H2,14,18,19). The molecule has 1 amide bonds. The average Bonchev–Trinajstić information content (AvgIpc) is 2.40. The van der Waals surface area contributed by atoms with Crippen molar-refractivity contribution in [2.24, 2.45) is 5.14 Å². The normalized spacial score (nSPS) is 22.8. The fraction of sp³-hybridized carbons (Fsp3) is 0.417. The molecule has 3 N–H and O–H groups in total. The van der Waals surface area contributed by atoms with Gasteiger partial charge in [0.25, 0.3) is 5.91 Å². The number of carbonyl (C=O) groups excluding carboxylic acids is 1. The van der Waals surface area contributed by atoms with Crippen LogP contribution in [0.3, 0.4) is 0 Å². The van der Waals surface area contributed by atoms with Gasteiger partial charge in [-0.25, -0.2) is 17.9 Å². The Morgan fingerprint density at radius 3 is 2.48 bits per heavy atom. The molecule has 0 radical (unpaired) electrons. The summed E-state index contributed by atoms with van der Waals surface area (Å²) in [5.74, 6) is -0.542. The molecule has 1 aromatic rings. The minimum absolute atomic E-state index is 0.146. The van der Waals surface area contributed by atoms with E-state index < -0.39 is 32.5 Å². The monoisotopic (exact) mass is 334 g/mol. The second kappa shape index (κ2) is 6.20. The van der Waals surface area contributed by atoms with Crippen LogP contribution >= 0.6 is 0 Å². The zero-order chi connectivity index (χ0) is 15.6. The van der Waals surface area contributed by atoms with Crippen LogP contribution < -0.4 is 10.5 Å². The predicted molar refractivity (Wildman–Crippen MR) is 76.1 cm³/mol. The van der Waals surface area contributed by atoms with Gasteiger partial charge in [0, 0.05) is 28.3 Å². The molecule has 1 aliphatic rings. The van der Waals surface area contributed by atoms with Crippen molar-refractivity contribution in [1.29, 1.82) is 0 Å². The lowest BCUT2D eigenvalue weighted by Gasteiger charge is -2.22. The zero-order valence-electron chi connectivity index (χ0n) is 11.0. The summed E-state index contributed by atoms with van der Waals surface area (Å²) < 4.78 is 47.2. The molecule has 2 rings (SSSR count). The van der Waals surface area contributed by atoms with Crippen LogP contribution in [-0.4, -0.2) is 36.1 Å². The summed E-state index contributed by atoms with van der Waals surface area (Å²) in [7, 11) is -4.85. The molecule has 9 heteroatoms. The number of hydrogen-bond acceptors (Lipinski definition) is 4. The van der Waals surface area contributed by atoms with E-state index in [1.54, 1.807) is 0 Å². The van der Waals surface area contributed by atoms with Crippen molar-refractivity contribution in [3.8, 4) is 0 Å². The van der Waals surface area contributed by atoms with Crippen molar-refractivity contribution in [1.82, 2.24) is 5.32 Å². The van der Waals surface area contributed by atoms with E-state index in [1.807, 2.05) is 0 Å². The first-order valence-corrected chi connectivity index (χ1v) is 9.29. The maximum atomic E-state index is 13.8. The third-order valence-corrected chi connectivity index (χ3v) is 5.53. The Hall–Kier alpha value is -1.32. The van der Waals surface area contributed by atoms with Crippen LogP contribution in [0, 0.1) is 5.82 Å². The van der Waals surface area contributed by atoms with Crippen molar-refractivity contribution >= 4 is 26.7 Å². The summed E-state index contributed by atoms with van der Waals surface area (Å²) in [5, 5.41) is 7.55. The van der Waals surface area contributed by atoms with E-state index in [0.717, 1.165) is 18.2 Å². The Labute approximate surface area is 124 Å². The molecule has 0 aliphatic carbocycles. The number of benzene rings is 1. The van der Waals surface area contributed by atoms with E-state index in [-0.39, 0.29) is 16.5 Å². The van der Waals surface area contributed by atoms with Gasteiger partial charge in [-0.15, -0.1) is 0 Å². The van der Waals surface area contributed by atoms with Gasteiger partial charge in [0.1, 0.15) is 5.82 Å². The van der Waals surface area contributed by atoms with E-state index in [1.165, 1.54) is 0 Å². The summed E-state index contributed by atoms with van der Waals surface area (Å²) in [6, 6.07) is 2.75. The van der Waals surface area contributed by atoms with Crippen LogP contribution in [-0.2, 0) is 20.8 Å². The Morgan fingerprint density at radius 1 is 1.33 bits per heavy atom. The lowest BCUT2D eigenvalue weighted by molar-refractivity contribution is 0.0930. The average molecular weight is 334 g/mol. The van der Waals surface area contributed by atoms with E-state index >= 15 is 0 Å². The molecule has 0 aromatic heterocycles. The highest BCUT2D eigenvalue weighted by molar-refractivity contribution is 7.89. The van der Waals surface area contributed by atoms with Gasteiger partial charge in [0.15, 0.2) is 0 Å². The zero-order valence-corrected chi connectivity index (χ0v) is 12.7. The number of amides is 1. The van der Waals surface area contributed by atoms with Crippen molar-refractivity contribution in [3.63, 3.8) is 0 Å². The third-order valence-electron chi connectivity index (χ3n) is 3.24. The summed E-state index contributed by atoms with van der Waals surface area (Å²) >= 11 is 0. The highest BCUT2D eigenvalue weighted by Gasteiger charge is 2.22. The van der Waals surface area contributed by atoms with Crippen LogP contribution in [0.15, 0.2) is 23.1 Å². The van der Waals surface area contributed by atoms with Crippen molar-refractivity contribution in [3.05, 3.63) is 29.6 Å². The van der Waals surface area contributed by atoms with E-state index in [0.29, 0.717) is 24.3 Å². The predicted octanol–water partition coefficient (Wildman–Crippen LogP) is 0.114. The summed E-state index contributed by atoms with van der Waals surface area (Å²) in [5.41, 5.74) is -0.242. The molecule has 21 heavy (non-hydrogen) atoms. The van der Waals surface area contributed by atoms with Crippen molar-refractivity contribution in [2.45, 2.75) is 23.8 Å². The first kappa shape index (κ1) is 16.1. The van der Waals surface area contributed by atoms with Crippen LogP contribution in [0.1, 0.15) is 23.2 Å². The summed E-state index contributed by atoms with van der Waals surface area (Å²) in [6.45, 7) is 0. The lowest BCUT2D eigenvalue weighted by atomic mass is 10.1. The molecule has 0 bridgehead atoms. The molecule has 1 fully saturated rings. The number of sulfonamides is 1. The number of rotatable bonds is 3. The molecule has 0 atom stereocenters. The molecule has 6 nitrogen and oxygen atoms in total. The minimum atomic E-state index is -4.01. The van der Waals surface area contributed by atoms with Gasteiger partial charge in [-0.1, -0.05) is 0 Å². The highest BCUT2D eigenvalue weighted by atomic mass is 32.2. The smallest absolute Gasteiger partial charge is 0.254 e. The number of primary sulfonamides is 1. The van der Waals surface area contributed by atoms with Gasteiger partial charge in [-0.3, -0.25) is 9.00 Å². The fourth-order valence-electron chi connectivity index (χ4n) is 2.06. The van der Waals surface area contributed by atoms with Gasteiger partial charge in [0.05, 0.1) is 10.5 Å². The molecule has 1 saturated heterocycles. The number of halogens is 1. The van der Waals surface area contributed by atoms with Crippen LogP contribution in [0.5, 0.6) is 0 Å². The van der Waals surface area contributed by atoms with Crippen LogP contribution in [0.25, 0.3) is 0 Å². The van der Waals surface area contributed by atoms with E-state index in [4.69, 9.17) is 5.14 Å². The minimum Gasteiger partial charge on any atom is -0.349 e. The summed E-state index contributed by atoms with van der Waals surface area (Å²) in [4.78, 5) is 11.6. The maximum absolute atomic E-state index is 13.8. The Bertz CT molecular complexity index is 680. The van der Waals surface area contributed by atoms with Crippen molar-refractivity contribution < 1.29 is 21.8 Å². The number of carbonyl (C=O) groups is 1. The largest absolute Gasteiger partial charge is 0.349 e. The third kappa shape index (κ3) is 4.08. The molecule has 1 aliphatic heterocycles. The first-order chi connectivity index (χ1) is 9.77. The van der Waals surface area contributed by atoms with Gasteiger partial charge in [-0.2, -0.15) is 0 Å². The first-order valence-electron chi connectivity index (χ1n) is 6.25. The summed E-state index contributed by atoms with van der Waals surface area (Å²) in [6.07, 6.45) is 1.16. The molecule has 1 aromatic carbocycles. The molecular formula is C12H15FN2O4S2. The van der Waals surface area contributed by atoms with Gasteiger partial charge < -0.3 is 5.32 Å². The number of nitrogens with two attached hydrogens (primary N) is 1. The molecule has 0 spiro atoms. The Morgan fingerprint density at radius 2 is 1.95 bits per heavy atom. The molecule has 0 saturated carbocycles. The maximum Gasteiger partial charge on any atom is 0.254 e. The topological polar surface area (TPSA) is 106 Å². The van der Waals surface area contributed by atoms with E-state index in [9.17, 15) is 21.8 Å². The fourth-order valence-corrected chi connectivity index (χ4v) is 3.88. The second-order valence-electron chi connectivity index (χ2n) is 4.78. The molecule has 116 valence electrons. The molecule has 0 unspecified atom stereocenters. The Kier molecular flexibility index (Phi) is 4.74. The SMILES string of the molecule is NS(=O)(=O)c1ccc(C(=O)NC2CCS(=O)CC2)c(F)c1. The van der Waals surface area contributed by atoms with Gasteiger partial charge in [-0.05, 0) is 31.0 Å². The lowest BCUT2D eigenvalue weighted by Crippen LogP contribution is -2.39. The van der Waals surface area contributed by atoms with E-state index in [2.05, 4.69) is 5.32 Å². The Balaban J connectivity index is 2.11. The molecule has 1 heterocycles. The highest BCUT2D eigenvalue weighted by Crippen LogP contribution is 2.15. The number of nitrogens with one attached hydrogen (secondary N) is 1. The number of hydrogen-bond donors (Lipinski definition) is 2. The van der Waals surface area contributed by atoms with Crippen molar-refractivity contribution in [2.75, 3.05) is 11.5 Å². The van der Waals surface area contributed by atoms with Gasteiger partial charge >= 0.3 is 0 Å². The van der Waals surface area contributed by atoms with Crippen LogP contribution in [0.2, 0.25) is 0 Å². The molecular weight excluding hydrogens is 319 g/mol. The van der Waals surface area contributed by atoms with Gasteiger partial charge in [0.2, 0.25) is 10.0 Å². The quantitative estimate of drug-likeness (QED) is 0.818. The second-order valence-corrected chi connectivity index (χ2v) is 8.04.